The number of rotatable bonds is 8. The Morgan fingerprint density at radius 1 is 1.23 bits per heavy atom. The van der Waals surface area contributed by atoms with E-state index in [1.165, 1.54) is 11.6 Å². The summed E-state index contributed by atoms with van der Waals surface area (Å²) >= 11 is 0. The van der Waals surface area contributed by atoms with Gasteiger partial charge in [0.05, 0.1) is 13.2 Å². The molecule has 0 unspecified atom stereocenters. The van der Waals surface area contributed by atoms with Gasteiger partial charge in [0.15, 0.2) is 0 Å². The Morgan fingerprint density at radius 3 is 2.61 bits per heavy atom. The Balaban J connectivity index is 1.89. The molecule has 168 valence electrons. The standard InChI is InChI=1S/C26H34FNO3/c1-19(2)25-17-26(14-16-31-25,22-10-6-8-12-24(22)30-4)13-15-28(20(3)29)18-21-9-5-7-11-23(21)27/h5-12,19,25H,13-18H2,1-4H3/t25-,26+/m1/s1. The van der Waals surface area contributed by atoms with Gasteiger partial charge in [-0.15, -0.1) is 0 Å². The molecule has 5 heteroatoms. The second-order valence-electron chi connectivity index (χ2n) is 8.87. The fourth-order valence-corrected chi connectivity index (χ4v) is 4.60. The molecule has 2 aromatic rings. The minimum atomic E-state index is -0.279. The third kappa shape index (κ3) is 5.45. The molecule has 0 aliphatic carbocycles. The number of carbonyl (C=O) groups is 1. The van der Waals surface area contributed by atoms with Gasteiger partial charge in [0.2, 0.25) is 5.91 Å². The monoisotopic (exact) mass is 427 g/mol. The Bertz CT molecular complexity index is 884. The lowest BCUT2D eigenvalue weighted by atomic mass is 9.68. The zero-order valence-corrected chi connectivity index (χ0v) is 19.1. The molecular weight excluding hydrogens is 393 g/mol. The first kappa shape index (κ1) is 23.3. The Labute approximate surface area is 185 Å². The van der Waals surface area contributed by atoms with Gasteiger partial charge < -0.3 is 14.4 Å². The predicted octanol–water partition coefficient (Wildman–Crippen LogP) is 5.35. The molecule has 0 saturated carbocycles. The number of carbonyl (C=O) groups excluding carboxylic acids is 1. The summed E-state index contributed by atoms with van der Waals surface area (Å²) in [5.74, 6) is 0.942. The maximum Gasteiger partial charge on any atom is 0.219 e. The van der Waals surface area contributed by atoms with Gasteiger partial charge in [0.1, 0.15) is 11.6 Å². The van der Waals surface area contributed by atoms with E-state index in [9.17, 15) is 9.18 Å². The van der Waals surface area contributed by atoms with Crippen molar-refractivity contribution in [1.82, 2.24) is 4.90 Å². The van der Waals surface area contributed by atoms with Crippen molar-refractivity contribution in [2.75, 3.05) is 20.3 Å². The van der Waals surface area contributed by atoms with Crippen LogP contribution < -0.4 is 4.74 Å². The van der Waals surface area contributed by atoms with E-state index < -0.39 is 0 Å². The average Bonchev–Trinajstić information content (AvgIpc) is 2.77. The fourth-order valence-electron chi connectivity index (χ4n) is 4.60. The van der Waals surface area contributed by atoms with E-state index in [0.29, 0.717) is 24.6 Å². The first-order chi connectivity index (χ1) is 14.9. The van der Waals surface area contributed by atoms with Crippen LogP contribution in [0.1, 0.15) is 51.2 Å². The lowest BCUT2D eigenvalue weighted by molar-refractivity contribution is -0.130. The number of nitrogens with zero attached hydrogens (tertiary/aromatic N) is 1. The van der Waals surface area contributed by atoms with Gasteiger partial charge in [-0.1, -0.05) is 50.2 Å². The van der Waals surface area contributed by atoms with Crippen molar-refractivity contribution < 1.29 is 18.7 Å². The average molecular weight is 428 g/mol. The highest BCUT2D eigenvalue weighted by Gasteiger charge is 2.41. The molecule has 1 aliphatic heterocycles. The highest BCUT2D eigenvalue weighted by atomic mass is 19.1. The van der Waals surface area contributed by atoms with E-state index in [-0.39, 0.29) is 29.8 Å². The van der Waals surface area contributed by atoms with E-state index in [1.807, 2.05) is 18.2 Å². The van der Waals surface area contributed by atoms with Crippen LogP contribution in [0.5, 0.6) is 5.75 Å². The molecule has 1 heterocycles. The molecule has 1 saturated heterocycles. The summed E-state index contributed by atoms with van der Waals surface area (Å²) in [6.07, 6.45) is 2.66. The molecule has 3 rings (SSSR count). The number of methoxy groups -OCH3 is 1. The first-order valence-corrected chi connectivity index (χ1v) is 11.1. The van der Waals surface area contributed by atoms with E-state index >= 15 is 0 Å². The minimum Gasteiger partial charge on any atom is -0.496 e. The molecular formula is C26H34FNO3. The molecule has 31 heavy (non-hydrogen) atoms. The SMILES string of the molecule is COc1ccccc1[C@@]1(CCN(Cc2ccccc2F)C(C)=O)CCO[C@@H](C(C)C)C1. The summed E-state index contributed by atoms with van der Waals surface area (Å²) in [6.45, 7) is 7.42. The maximum absolute atomic E-state index is 14.2. The van der Waals surface area contributed by atoms with E-state index in [1.54, 1.807) is 37.1 Å². The summed E-state index contributed by atoms with van der Waals surface area (Å²) in [4.78, 5) is 14.2. The highest BCUT2D eigenvalue weighted by molar-refractivity contribution is 5.73. The van der Waals surface area contributed by atoms with Gasteiger partial charge >= 0.3 is 0 Å². The van der Waals surface area contributed by atoms with Gasteiger partial charge in [-0.3, -0.25) is 4.79 Å². The maximum atomic E-state index is 14.2. The molecule has 0 radical (unpaired) electrons. The summed E-state index contributed by atoms with van der Waals surface area (Å²) < 4.78 is 26.0. The molecule has 0 N–H and O–H groups in total. The third-order valence-corrected chi connectivity index (χ3v) is 6.55. The van der Waals surface area contributed by atoms with Gasteiger partial charge in [-0.05, 0) is 37.3 Å². The fraction of sp³-hybridized carbons (Fsp3) is 0.500. The Morgan fingerprint density at radius 2 is 1.94 bits per heavy atom. The zero-order chi connectivity index (χ0) is 22.4. The van der Waals surface area contributed by atoms with Crippen LogP contribution in [-0.4, -0.2) is 37.2 Å². The first-order valence-electron chi connectivity index (χ1n) is 11.1. The second-order valence-corrected chi connectivity index (χ2v) is 8.87. The van der Waals surface area contributed by atoms with Crippen LogP contribution in [0.3, 0.4) is 0 Å². The van der Waals surface area contributed by atoms with Gasteiger partial charge in [-0.25, -0.2) is 4.39 Å². The number of ether oxygens (including phenoxy) is 2. The molecule has 4 nitrogen and oxygen atoms in total. The van der Waals surface area contributed by atoms with Gasteiger partial charge in [-0.2, -0.15) is 0 Å². The van der Waals surface area contributed by atoms with E-state index in [0.717, 1.165) is 25.0 Å². The summed E-state index contributed by atoms with van der Waals surface area (Å²) in [6, 6.07) is 14.8. The molecule has 1 fully saturated rings. The minimum absolute atomic E-state index is 0.0501. The molecule has 0 spiro atoms. The van der Waals surface area contributed by atoms with Crippen LogP contribution in [0.15, 0.2) is 48.5 Å². The molecule has 1 aliphatic rings. The van der Waals surface area contributed by atoms with Crippen molar-refractivity contribution in [3.63, 3.8) is 0 Å². The van der Waals surface area contributed by atoms with Crippen LogP contribution in [0.25, 0.3) is 0 Å². The Kier molecular flexibility index (Phi) is 7.71. The quantitative estimate of drug-likeness (QED) is 0.570. The van der Waals surface area contributed by atoms with Crippen molar-refractivity contribution in [1.29, 1.82) is 0 Å². The third-order valence-electron chi connectivity index (χ3n) is 6.55. The number of amides is 1. The number of benzene rings is 2. The lowest BCUT2D eigenvalue weighted by Gasteiger charge is -2.44. The van der Waals surface area contributed by atoms with Crippen LogP contribution in [0.4, 0.5) is 4.39 Å². The van der Waals surface area contributed by atoms with Crippen molar-refractivity contribution in [3.05, 3.63) is 65.5 Å². The van der Waals surface area contributed by atoms with Crippen LogP contribution in [0, 0.1) is 11.7 Å². The van der Waals surface area contributed by atoms with E-state index in [2.05, 4.69) is 19.9 Å². The molecule has 2 atom stereocenters. The number of hydrogen-bond acceptors (Lipinski definition) is 3. The summed E-state index contributed by atoms with van der Waals surface area (Å²) in [5.41, 5.74) is 1.54. The number of para-hydroxylation sites is 1. The van der Waals surface area contributed by atoms with Gasteiger partial charge in [0, 0.05) is 43.2 Å². The number of hydrogen-bond donors (Lipinski definition) is 0. The molecule has 0 aromatic heterocycles. The summed E-state index contributed by atoms with van der Waals surface area (Å²) in [5, 5.41) is 0. The highest BCUT2D eigenvalue weighted by Crippen LogP contribution is 2.45. The largest absolute Gasteiger partial charge is 0.496 e. The smallest absolute Gasteiger partial charge is 0.219 e. The van der Waals surface area contributed by atoms with Gasteiger partial charge in [0.25, 0.3) is 0 Å². The second kappa shape index (κ2) is 10.3. The van der Waals surface area contributed by atoms with Crippen LogP contribution in [-0.2, 0) is 21.5 Å². The normalized spacial score (nSPS) is 21.2. The molecule has 0 bridgehead atoms. The van der Waals surface area contributed by atoms with Crippen LogP contribution in [0.2, 0.25) is 0 Å². The summed E-state index contributed by atoms with van der Waals surface area (Å²) in [7, 11) is 1.70. The van der Waals surface area contributed by atoms with Crippen molar-refractivity contribution in [3.8, 4) is 5.75 Å². The van der Waals surface area contributed by atoms with Crippen molar-refractivity contribution >= 4 is 5.91 Å². The van der Waals surface area contributed by atoms with Crippen molar-refractivity contribution in [2.45, 2.75) is 58.1 Å². The van der Waals surface area contributed by atoms with E-state index in [4.69, 9.17) is 9.47 Å². The predicted molar refractivity (Wildman–Crippen MR) is 121 cm³/mol. The number of halogens is 1. The molecule has 1 amide bonds. The van der Waals surface area contributed by atoms with Crippen molar-refractivity contribution in [2.24, 2.45) is 5.92 Å². The molecule has 2 aromatic carbocycles. The zero-order valence-electron chi connectivity index (χ0n) is 19.1. The van der Waals surface area contributed by atoms with Crippen LogP contribution >= 0.6 is 0 Å². The lowest BCUT2D eigenvalue weighted by Crippen LogP contribution is -2.43. The Hall–Kier alpha value is -2.40. The topological polar surface area (TPSA) is 38.8 Å².